The van der Waals surface area contributed by atoms with Gasteiger partial charge in [-0.3, -0.25) is 4.79 Å². The van der Waals surface area contributed by atoms with Crippen LogP contribution in [0.5, 0.6) is 11.5 Å². The molecule has 2 aromatic carbocycles. The van der Waals surface area contributed by atoms with E-state index in [9.17, 15) is 9.59 Å². The van der Waals surface area contributed by atoms with E-state index in [0.717, 1.165) is 65.9 Å². The minimum atomic E-state index is -0.356. The molecule has 34 heavy (non-hydrogen) atoms. The van der Waals surface area contributed by atoms with Crippen LogP contribution in [0.4, 0.5) is 0 Å². The molecule has 1 aliphatic rings. The van der Waals surface area contributed by atoms with E-state index in [2.05, 4.69) is 6.58 Å². The molecule has 178 valence electrons. The molecule has 3 rings (SSSR count). The van der Waals surface area contributed by atoms with E-state index >= 15 is 0 Å². The summed E-state index contributed by atoms with van der Waals surface area (Å²) >= 11 is 0. The van der Waals surface area contributed by atoms with Gasteiger partial charge in [-0.25, -0.2) is 4.79 Å². The van der Waals surface area contributed by atoms with Crippen molar-refractivity contribution in [3.8, 4) is 11.5 Å². The van der Waals surface area contributed by atoms with Gasteiger partial charge in [-0.05, 0) is 86.6 Å². The van der Waals surface area contributed by atoms with Crippen LogP contribution in [0, 0.1) is 0 Å². The number of ketones is 1. The number of hydrogen-bond acceptors (Lipinski definition) is 5. The zero-order chi connectivity index (χ0) is 24.3. The van der Waals surface area contributed by atoms with Crippen LogP contribution in [0.1, 0.15) is 50.2 Å². The van der Waals surface area contributed by atoms with Gasteiger partial charge in [0, 0.05) is 16.7 Å². The molecular formula is C29H32O5. The van der Waals surface area contributed by atoms with Gasteiger partial charge < -0.3 is 14.2 Å². The zero-order valence-corrected chi connectivity index (χ0v) is 20.0. The highest BCUT2D eigenvalue weighted by atomic mass is 16.5. The maximum Gasteiger partial charge on any atom is 0.333 e. The second-order valence-electron chi connectivity index (χ2n) is 8.34. The van der Waals surface area contributed by atoms with Gasteiger partial charge >= 0.3 is 5.97 Å². The van der Waals surface area contributed by atoms with E-state index in [0.29, 0.717) is 18.8 Å². The summed E-state index contributed by atoms with van der Waals surface area (Å²) in [7, 11) is 1.64. The number of carbonyl (C=O) groups is 2. The molecular weight excluding hydrogens is 428 g/mol. The molecule has 1 saturated carbocycles. The van der Waals surface area contributed by atoms with Crippen molar-refractivity contribution in [2.75, 3.05) is 20.3 Å². The third-order valence-corrected chi connectivity index (χ3v) is 5.54. The Morgan fingerprint density at radius 1 is 0.882 bits per heavy atom. The topological polar surface area (TPSA) is 61.8 Å². The number of hydrogen-bond donors (Lipinski definition) is 0. The van der Waals surface area contributed by atoms with Crippen molar-refractivity contribution in [3.63, 3.8) is 0 Å². The van der Waals surface area contributed by atoms with Gasteiger partial charge in [0.1, 0.15) is 11.5 Å². The van der Waals surface area contributed by atoms with Crippen LogP contribution in [-0.4, -0.2) is 32.1 Å². The summed E-state index contributed by atoms with van der Waals surface area (Å²) in [6, 6.07) is 15.5. The fourth-order valence-corrected chi connectivity index (χ4v) is 3.62. The van der Waals surface area contributed by atoms with Crippen LogP contribution >= 0.6 is 0 Å². The molecule has 0 heterocycles. The van der Waals surface area contributed by atoms with Crippen LogP contribution in [-0.2, 0) is 14.3 Å². The Morgan fingerprint density at radius 3 is 1.94 bits per heavy atom. The number of Topliss-reactive ketones (excluding diaryl/α,β-unsaturated/α-hetero) is 1. The third kappa shape index (κ3) is 7.48. The minimum absolute atomic E-state index is 0.120. The Balaban J connectivity index is 1.51. The summed E-state index contributed by atoms with van der Waals surface area (Å²) in [5.41, 5.74) is 4.07. The molecule has 1 aliphatic carbocycles. The highest BCUT2D eigenvalue weighted by Crippen LogP contribution is 2.28. The predicted octanol–water partition coefficient (Wildman–Crippen LogP) is 6.19. The Hall–Kier alpha value is -3.60. The summed E-state index contributed by atoms with van der Waals surface area (Å²) in [6.07, 6.45) is 8.01. The van der Waals surface area contributed by atoms with E-state index in [1.807, 2.05) is 60.7 Å². The van der Waals surface area contributed by atoms with Crippen molar-refractivity contribution < 1.29 is 23.8 Å². The number of methoxy groups -OCH3 is 1. The lowest BCUT2D eigenvalue weighted by Gasteiger charge is -2.16. The van der Waals surface area contributed by atoms with Gasteiger partial charge in [-0.2, -0.15) is 0 Å². The van der Waals surface area contributed by atoms with Crippen LogP contribution in [0.2, 0.25) is 0 Å². The SMILES string of the molecule is C=C(C)C(=O)OCCCCOc1ccc(/C=C2/CCC/C(=C/c3ccc(OC)cc3)C2=O)cc1. The van der Waals surface area contributed by atoms with Gasteiger partial charge in [-0.1, -0.05) is 30.8 Å². The maximum atomic E-state index is 13.0. The van der Waals surface area contributed by atoms with Crippen LogP contribution in [0.3, 0.4) is 0 Å². The molecule has 5 nitrogen and oxygen atoms in total. The van der Waals surface area contributed by atoms with E-state index < -0.39 is 0 Å². The Morgan fingerprint density at radius 2 is 1.41 bits per heavy atom. The lowest BCUT2D eigenvalue weighted by atomic mass is 9.87. The Labute approximate surface area is 201 Å². The van der Waals surface area contributed by atoms with Crippen molar-refractivity contribution in [3.05, 3.63) is 83.0 Å². The summed E-state index contributed by atoms with van der Waals surface area (Å²) in [5.74, 6) is 1.34. The standard InChI is InChI=1S/C29H32O5/c1-21(2)29(31)34-18-5-4-17-33-27-15-11-23(12-16-27)20-25-8-6-7-24(28(25)30)19-22-9-13-26(32-3)14-10-22/h9-16,19-20H,1,4-8,17-18H2,2-3H3/b24-19-,25-20-. The first-order valence-corrected chi connectivity index (χ1v) is 11.6. The Bertz CT molecular complexity index is 1060. The quantitative estimate of drug-likeness (QED) is 0.240. The molecule has 0 bridgehead atoms. The summed E-state index contributed by atoms with van der Waals surface area (Å²) in [4.78, 5) is 24.3. The molecule has 0 saturated heterocycles. The number of esters is 1. The largest absolute Gasteiger partial charge is 0.497 e. The molecule has 0 radical (unpaired) electrons. The Kier molecular flexibility index (Phi) is 9.27. The number of unbranched alkanes of at least 4 members (excludes halogenated alkanes) is 1. The molecule has 1 fully saturated rings. The van der Waals surface area contributed by atoms with Gasteiger partial charge in [0.05, 0.1) is 20.3 Å². The predicted molar refractivity (Wildman–Crippen MR) is 135 cm³/mol. The van der Waals surface area contributed by atoms with Crippen molar-refractivity contribution in [1.29, 1.82) is 0 Å². The van der Waals surface area contributed by atoms with E-state index in [-0.39, 0.29) is 11.8 Å². The monoisotopic (exact) mass is 460 g/mol. The molecule has 0 unspecified atom stereocenters. The lowest BCUT2D eigenvalue weighted by Crippen LogP contribution is -2.12. The average Bonchev–Trinajstić information content (AvgIpc) is 2.85. The normalized spacial score (nSPS) is 15.9. The van der Waals surface area contributed by atoms with Crippen molar-refractivity contribution >= 4 is 23.9 Å². The van der Waals surface area contributed by atoms with E-state index in [1.165, 1.54) is 0 Å². The summed E-state index contributed by atoms with van der Waals surface area (Å²) in [6.45, 7) is 6.10. The second kappa shape index (κ2) is 12.6. The van der Waals surface area contributed by atoms with Gasteiger partial charge in [0.25, 0.3) is 0 Å². The van der Waals surface area contributed by atoms with Gasteiger partial charge in [0.15, 0.2) is 5.78 Å². The molecule has 0 aromatic heterocycles. The van der Waals surface area contributed by atoms with Crippen molar-refractivity contribution in [2.45, 2.75) is 39.0 Å². The number of carbonyl (C=O) groups excluding carboxylic acids is 2. The first-order chi connectivity index (χ1) is 16.5. The van der Waals surface area contributed by atoms with Gasteiger partial charge in [-0.15, -0.1) is 0 Å². The van der Waals surface area contributed by atoms with Crippen LogP contribution < -0.4 is 9.47 Å². The summed E-state index contributed by atoms with van der Waals surface area (Å²) < 4.78 is 16.0. The van der Waals surface area contributed by atoms with E-state index in [1.54, 1.807) is 14.0 Å². The molecule has 0 N–H and O–H groups in total. The zero-order valence-electron chi connectivity index (χ0n) is 20.0. The third-order valence-electron chi connectivity index (χ3n) is 5.54. The average molecular weight is 461 g/mol. The number of ether oxygens (including phenoxy) is 3. The second-order valence-corrected chi connectivity index (χ2v) is 8.34. The first-order valence-electron chi connectivity index (χ1n) is 11.6. The molecule has 0 atom stereocenters. The lowest BCUT2D eigenvalue weighted by molar-refractivity contribution is -0.139. The number of allylic oxidation sites excluding steroid dienone is 2. The first kappa shape index (κ1) is 25.0. The fourth-order valence-electron chi connectivity index (χ4n) is 3.62. The molecule has 0 amide bonds. The van der Waals surface area contributed by atoms with Crippen molar-refractivity contribution in [2.24, 2.45) is 0 Å². The van der Waals surface area contributed by atoms with Gasteiger partial charge in [0.2, 0.25) is 0 Å². The highest BCUT2D eigenvalue weighted by Gasteiger charge is 2.20. The summed E-state index contributed by atoms with van der Waals surface area (Å²) in [5, 5.41) is 0. The number of benzene rings is 2. The van der Waals surface area contributed by atoms with Crippen LogP contribution in [0.15, 0.2) is 71.8 Å². The smallest absolute Gasteiger partial charge is 0.333 e. The highest BCUT2D eigenvalue weighted by molar-refractivity contribution is 6.13. The molecule has 0 aliphatic heterocycles. The molecule has 5 heteroatoms. The van der Waals surface area contributed by atoms with Crippen LogP contribution in [0.25, 0.3) is 12.2 Å². The molecule has 2 aromatic rings. The maximum absolute atomic E-state index is 13.0. The van der Waals surface area contributed by atoms with Crippen molar-refractivity contribution in [1.82, 2.24) is 0 Å². The fraction of sp³-hybridized carbons (Fsp3) is 0.310. The number of rotatable bonds is 10. The minimum Gasteiger partial charge on any atom is -0.497 e. The molecule has 0 spiro atoms. The van der Waals surface area contributed by atoms with E-state index in [4.69, 9.17) is 14.2 Å².